The quantitative estimate of drug-likeness (QED) is 0.584. The van der Waals surface area contributed by atoms with Crippen LogP contribution >= 0.6 is 0 Å². The number of nitrogens with zero attached hydrogens (tertiary/aromatic N) is 4. The van der Waals surface area contributed by atoms with Crippen molar-refractivity contribution in [3.8, 4) is 22.6 Å². The lowest BCUT2D eigenvalue weighted by Gasteiger charge is -2.26. The highest BCUT2D eigenvalue weighted by molar-refractivity contribution is 5.69. The Labute approximate surface area is 185 Å². The van der Waals surface area contributed by atoms with Crippen molar-refractivity contribution in [3.63, 3.8) is 0 Å². The number of ether oxygens (including phenoxy) is 2. The molecule has 0 spiro atoms. The van der Waals surface area contributed by atoms with E-state index in [1.54, 1.807) is 30.3 Å². The second kappa shape index (κ2) is 8.66. The fraction of sp³-hybridized carbons (Fsp3) is 0.391. The van der Waals surface area contributed by atoms with E-state index in [-0.39, 0.29) is 11.9 Å². The first-order valence-electron chi connectivity index (χ1n) is 10.3. The minimum Gasteiger partial charge on any atom is -0.444 e. The third-order valence-corrected chi connectivity index (χ3v) is 5.10. The molecular weight excluding hydrogens is 415 g/mol. The van der Waals surface area contributed by atoms with Crippen molar-refractivity contribution in [2.75, 3.05) is 13.7 Å². The zero-order valence-corrected chi connectivity index (χ0v) is 18.4. The highest BCUT2D eigenvalue weighted by Crippen LogP contribution is 2.34. The van der Waals surface area contributed by atoms with Gasteiger partial charge < -0.3 is 14.0 Å². The molecule has 3 aromatic rings. The van der Waals surface area contributed by atoms with Gasteiger partial charge in [-0.25, -0.2) is 9.18 Å². The summed E-state index contributed by atoms with van der Waals surface area (Å²) in [6, 6.07) is 9.40. The van der Waals surface area contributed by atoms with Crippen LogP contribution in [0.5, 0.6) is 0 Å². The first-order chi connectivity index (χ1) is 15.2. The van der Waals surface area contributed by atoms with Gasteiger partial charge in [-0.1, -0.05) is 23.4 Å². The van der Waals surface area contributed by atoms with Crippen molar-refractivity contribution in [1.82, 2.24) is 20.0 Å². The number of rotatable bonds is 4. The molecule has 1 fully saturated rings. The average Bonchev–Trinajstić information content (AvgIpc) is 3.40. The molecule has 9 heteroatoms. The summed E-state index contributed by atoms with van der Waals surface area (Å²) in [4.78, 5) is 23.1. The summed E-state index contributed by atoms with van der Waals surface area (Å²) >= 11 is 0. The third-order valence-electron chi connectivity index (χ3n) is 5.10. The van der Waals surface area contributed by atoms with Crippen LogP contribution in [0.4, 0.5) is 9.18 Å². The molecule has 0 saturated carbocycles. The molecule has 0 unspecified atom stereocenters. The van der Waals surface area contributed by atoms with Crippen LogP contribution in [-0.4, -0.2) is 51.5 Å². The fourth-order valence-corrected chi connectivity index (χ4v) is 3.56. The Morgan fingerprint density at radius 2 is 2.03 bits per heavy atom. The molecule has 1 aliphatic rings. The van der Waals surface area contributed by atoms with Gasteiger partial charge in [0.1, 0.15) is 23.2 Å². The molecule has 168 valence electrons. The molecular formula is C23H25FN4O4. The number of aromatic nitrogens is 3. The van der Waals surface area contributed by atoms with Gasteiger partial charge in [0.05, 0.1) is 12.6 Å². The number of amides is 1. The maximum absolute atomic E-state index is 13.5. The van der Waals surface area contributed by atoms with E-state index < -0.39 is 17.7 Å². The first kappa shape index (κ1) is 21.9. The predicted molar refractivity (Wildman–Crippen MR) is 114 cm³/mol. The number of halogens is 1. The van der Waals surface area contributed by atoms with E-state index in [9.17, 15) is 9.18 Å². The van der Waals surface area contributed by atoms with E-state index in [0.717, 1.165) is 11.1 Å². The molecule has 32 heavy (non-hydrogen) atoms. The second-order valence-corrected chi connectivity index (χ2v) is 8.64. The van der Waals surface area contributed by atoms with Gasteiger partial charge in [0.25, 0.3) is 0 Å². The molecule has 1 saturated heterocycles. The maximum atomic E-state index is 13.5. The van der Waals surface area contributed by atoms with Crippen LogP contribution < -0.4 is 0 Å². The van der Waals surface area contributed by atoms with E-state index in [1.807, 2.05) is 32.9 Å². The van der Waals surface area contributed by atoms with E-state index in [2.05, 4.69) is 15.1 Å². The van der Waals surface area contributed by atoms with E-state index >= 15 is 0 Å². The van der Waals surface area contributed by atoms with Crippen molar-refractivity contribution in [2.45, 2.75) is 44.9 Å². The Bertz CT molecular complexity index is 1090. The van der Waals surface area contributed by atoms with Gasteiger partial charge in [0, 0.05) is 25.3 Å². The van der Waals surface area contributed by atoms with Crippen molar-refractivity contribution < 1.29 is 23.2 Å². The predicted octanol–water partition coefficient (Wildman–Crippen LogP) is 4.63. The summed E-state index contributed by atoms with van der Waals surface area (Å²) in [5, 5.41) is 4.04. The molecule has 0 aliphatic carbocycles. The summed E-state index contributed by atoms with van der Waals surface area (Å²) in [7, 11) is 1.60. The largest absolute Gasteiger partial charge is 0.444 e. The van der Waals surface area contributed by atoms with Crippen molar-refractivity contribution in [3.05, 3.63) is 54.3 Å². The lowest BCUT2D eigenvalue weighted by molar-refractivity contribution is 0.0174. The molecule has 0 radical (unpaired) electrons. The maximum Gasteiger partial charge on any atom is 0.411 e. The van der Waals surface area contributed by atoms with Crippen LogP contribution in [-0.2, 0) is 9.47 Å². The number of methoxy groups -OCH3 is 1. The van der Waals surface area contributed by atoms with E-state index in [4.69, 9.17) is 14.0 Å². The molecule has 1 amide bonds. The number of hydrogen-bond donors (Lipinski definition) is 0. The smallest absolute Gasteiger partial charge is 0.411 e. The molecule has 8 nitrogen and oxygen atoms in total. The van der Waals surface area contributed by atoms with Crippen LogP contribution in [0.25, 0.3) is 22.6 Å². The van der Waals surface area contributed by atoms with Gasteiger partial charge in [0.2, 0.25) is 11.7 Å². The molecule has 2 atom stereocenters. The Balaban J connectivity index is 1.55. The van der Waals surface area contributed by atoms with Crippen molar-refractivity contribution >= 4 is 6.09 Å². The SMILES string of the molecule is CO[C@@H]1C[C@H](c2nc(-c3ccc(-c4cccc(F)c4)cn3)no2)N(C(=O)OC(C)(C)C)C1. The van der Waals surface area contributed by atoms with Gasteiger partial charge in [-0.3, -0.25) is 9.88 Å². The minimum absolute atomic E-state index is 0.161. The summed E-state index contributed by atoms with van der Waals surface area (Å²) < 4.78 is 29.9. The Morgan fingerprint density at radius 3 is 2.69 bits per heavy atom. The number of pyridine rings is 1. The molecule has 3 heterocycles. The first-order valence-corrected chi connectivity index (χ1v) is 10.3. The topological polar surface area (TPSA) is 90.6 Å². The number of hydrogen-bond acceptors (Lipinski definition) is 7. The highest BCUT2D eigenvalue weighted by Gasteiger charge is 2.41. The molecule has 0 bridgehead atoms. The lowest BCUT2D eigenvalue weighted by atomic mass is 10.1. The fourth-order valence-electron chi connectivity index (χ4n) is 3.56. The Hall–Kier alpha value is -3.33. The van der Waals surface area contributed by atoms with Gasteiger partial charge in [-0.2, -0.15) is 4.98 Å². The second-order valence-electron chi connectivity index (χ2n) is 8.64. The molecule has 2 aromatic heterocycles. The van der Waals surface area contributed by atoms with Gasteiger partial charge in [-0.15, -0.1) is 0 Å². The summed E-state index contributed by atoms with van der Waals surface area (Å²) in [6.07, 6.45) is 1.53. The zero-order valence-electron chi connectivity index (χ0n) is 18.4. The summed E-state index contributed by atoms with van der Waals surface area (Å²) in [5.41, 5.74) is 1.37. The highest BCUT2D eigenvalue weighted by atomic mass is 19.1. The number of carbonyl (C=O) groups is 1. The normalized spacial score (nSPS) is 18.7. The average molecular weight is 440 g/mol. The Morgan fingerprint density at radius 1 is 1.22 bits per heavy atom. The standard InChI is InChI=1S/C23H25FN4O4/c1-23(2,3)31-22(29)28-13-17(30-4)11-19(28)21-26-20(27-32-21)18-9-8-15(12-25-18)14-6-5-7-16(24)10-14/h5-10,12,17,19H,11,13H2,1-4H3/t17-,19-/m1/s1. The Kier molecular flexibility index (Phi) is 5.92. The molecule has 0 N–H and O–H groups in total. The van der Waals surface area contributed by atoms with Crippen LogP contribution in [0.3, 0.4) is 0 Å². The number of benzene rings is 1. The van der Waals surface area contributed by atoms with E-state index in [1.165, 1.54) is 12.1 Å². The molecule has 1 aliphatic heterocycles. The van der Waals surface area contributed by atoms with E-state index in [0.29, 0.717) is 30.4 Å². The van der Waals surface area contributed by atoms with Crippen molar-refractivity contribution in [1.29, 1.82) is 0 Å². The lowest BCUT2D eigenvalue weighted by Crippen LogP contribution is -2.37. The van der Waals surface area contributed by atoms with Gasteiger partial charge in [-0.05, 0) is 44.5 Å². The number of carbonyl (C=O) groups excluding carboxylic acids is 1. The monoisotopic (exact) mass is 440 g/mol. The van der Waals surface area contributed by atoms with Gasteiger partial charge >= 0.3 is 6.09 Å². The van der Waals surface area contributed by atoms with Crippen LogP contribution in [0.1, 0.15) is 39.1 Å². The third kappa shape index (κ3) is 4.77. The number of likely N-dealkylation sites (tertiary alicyclic amines) is 1. The van der Waals surface area contributed by atoms with Gasteiger partial charge in [0.15, 0.2) is 0 Å². The minimum atomic E-state index is -0.625. The van der Waals surface area contributed by atoms with Crippen LogP contribution in [0.2, 0.25) is 0 Å². The summed E-state index contributed by atoms with van der Waals surface area (Å²) in [6.45, 7) is 5.81. The van der Waals surface area contributed by atoms with Crippen LogP contribution in [0, 0.1) is 5.82 Å². The van der Waals surface area contributed by atoms with Crippen molar-refractivity contribution in [2.24, 2.45) is 0 Å². The summed E-state index contributed by atoms with van der Waals surface area (Å²) in [5.74, 6) is 0.284. The zero-order chi connectivity index (χ0) is 22.9. The molecule has 1 aromatic carbocycles. The molecule has 4 rings (SSSR count). The van der Waals surface area contributed by atoms with Crippen LogP contribution in [0.15, 0.2) is 47.1 Å².